The summed E-state index contributed by atoms with van der Waals surface area (Å²) in [5.74, 6) is 0. The van der Waals surface area contributed by atoms with Crippen LogP contribution in [-0.4, -0.2) is 4.57 Å². The van der Waals surface area contributed by atoms with Crippen LogP contribution in [0.1, 0.15) is 0 Å². The van der Waals surface area contributed by atoms with E-state index < -0.39 is 0 Å². The van der Waals surface area contributed by atoms with Gasteiger partial charge in [-0.25, -0.2) is 0 Å². The Hall–Kier alpha value is -9.38. The summed E-state index contributed by atoms with van der Waals surface area (Å²) in [7, 11) is 0. The molecule has 0 unspecified atom stereocenters. The van der Waals surface area contributed by atoms with Crippen LogP contribution in [0, 0.1) is 0 Å². The number of fused-ring (bicyclic) bond motifs is 9. The van der Waals surface area contributed by atoms with Gasteiger partial charge in [-0.15, -0.1) is 0 Å². The van der Waals surface area contributed by atoms with Gasteiger partial charge >= 0.3 is 0 Å². The highest BCUT2D eigenvalue weighted by atomic mass is 16.3. The van der Waals surface area contributed by atoms with E-state index in [4.69, 9.17) is 8.83 Å². The SMILES string of the molecule is c1cc(-c2ccc(N(c3ccc(-c4cccc5c4oc4ccccc45)cc3)c3ccc(-c4cccc5c4oc4ccccc45)cc3)cc2)cc(-c2cccc(-n3c4ccccc4c4ccccc43)c2)c1. The molecule has 3 aromatic heterocycles. The van der Waals surface area contributed by atoms with Crippen molar-refractivity contribution in [2.75, 3.05) is 4.90 Å². The normalized spacial score (nSPS) is 11.7. The minimum absolute atomic E-state index is 0.896. The molecule has 0 N–H and O–H groups in total. The predicted molar refractivity (Wildman–Crippen MR) is 292 cm³/mol. The third-order valence-corrected chi connectivity index (χ3v) is 14.0. The van der Waals surface area contributed by atoms with Gasteiger partial charge in [-0.2, -0.15) is 0 Å². The second-order valence-corrected chi connectivity index (χ2v) is 18.0. The summed E-state index contributed by atoms with van der Waals surface area (Å²) in [6.45, 7) is 0. The lowest BCUT2D eigenvalue weighted by Crippen LogP contribution is -2.09. The van der Waals surface area contributed by atoms with Crippen LogP contribution >= 0.6 is 0 Å². The zero-order valence-electron chi connectivity index (χ0n) is 38.0. The van der Waals surface area contributed by atoms with Gasteiger partial charge in [0, 0.05) is 66.2 Å². The first kappa shape index (κ1) is 39.8. The fourth-order valence-corrected chi connectivity index (χ4v) is 10.7. The molecular weight excluding hydrogens is 853 g/mol. The Labute approximate surface area is 404 Å². The first-order valence-electron chi connectivity index (χ1n) is 23.8. The van der Waals surface area contributed by atoms with E-state index in [2.05, 4.69) is 240 Å². The van der Waals surface area contributed by atoms with Crippen LogP contribution < -0.4 is 4.90 Å². The molecule has 70 heavy (non-hydrogen) atoms. The molecule has 0 aliphatic rings. The summed E-state index contributed by atoms with van der Waals surface area (Å²) in [6, 6.07) is 91.1. The third-order valence-electron chi connectivity index (χ3n) is 14.0. The van der Waals surface area contributed by atoms with E-state index in [0.29, 0.717) is 0 Å². The lowest BCUT2D eigenvalue weighted by atomic mass is 9.98. The highest BCUT2D eigenvalue weighted by Crippen LogP contribution is 2.42. The monoisotopic (exact) mass is 894 g/mol. The second-order valence-electron chi connectivity index (χ2n) is 18.0. The quantitative estimate of drug-likeness (QED) is 0.152. The average Bonchev–Trinajstić information content (AvgIpc) is 4.12. The number of para-hydroxylation sites is 6. The first-order valence-corrected chi connectivity index (χ1v) is 23.8. The summed E-state index contributed by atoms with van der Waals surface area (Å²) in [6.07, 6.45) is 0. The number of benzene rings is 11. The van der Waals surface area contributed by atoms with Crippen LogP contribution in [0.25, 0.3) is 116 Å². The molecular formula is C66H42N2O2. The molecule has 0 amide bonds. The largest absolute Gasteiger partial charge is 0.455 e. The topological polar surface area (TPSA) is 34.5 Å². The molecule has 4 nitrogen and oxygen atoms in total. The summed E-state index contributed by atoms with van der Waals surface area (Å²) in [4.78, 5) is 2.33. The molecule has 3 heterocycles. The predicted octanol–water partition coefficient (Wildman–Crippen LogP) is 18.7. The first-order chi connectivity index (χ1) is 34.7. The van der Waals surface area contributed by atoms with Gasteiger partial charge in [-0.3, -0.25) is 0 Å². The molecule has 0 radical (unpaired) electrons. The second kappa shape index (κ2) is 16.2. The van der Waals surface area contributed by atoms with Gasteiger partial charge in [0.25, 0.3) is 0 Å². The summed E-state index contributed by atoms with van der Waals surface area (Å²) in [5.41, 5.74) is 19.3. The minimum Gasteiger partial charge on any atom is -0.455 e. The Morgan fingerprint density at radius 2 is 0.657 bits per heavy atom. The van der Waals surface area contributed by atoms with Gasteiger partial charge < -0.3 is 18.3 Å². The van der Waals surface area contributed by atoms with E-state index in [1.54, 1.807) is 0 Å². The lowest BCUT2D eigenvalue weighted by Gasteiger charge is -2.26. The van der Waals surface area contributed by atoms with Gasteiger partial charge in [0.1, 0.15) is 22.3 Å². The van der Waals surface area contributed by atoms with Crippen molar-refractivity contribution in [3.8, 4) is 50.2 Å². The number of nitrogens with zero attached hydrogens (tertiary/aromatic N) is 2. The zero-order valence-corrected chi connectivity index (χ0v) is 38.0. The van der Waals surface area contributed by atoms with Crippen molar-refractivity contribution >= 4 is 82.7 Å². The smallest absolute Gasteiger partial charge is 0.143 e. The molecule has 0 saturated carbocycles. The van der Waals surface area contributed by atoms with Crippen molar-refractivity contribution in [2.24, 2.45) is 0 Å². The van der Waals surface area contributed by atoms with Crippen LogP contribution in [0.15, 0.2) is 264 Å². The Bertz CT molecular complexity index is 4080. The lowest BCUT2D eigenvalue weighted by molar-refractivity contribution is 0.669. The van der Waals surface area contributed by atoms with Crippen LogP contribution in [0.5, 0.6) is 0 Å². The van der Waals surface area contributed by atoms with E-state index in [0.717, 1.165) is 100 Å². The van der Waals surface area contributed by atoms with Gasteiger partial charge in [0.2, 0.25) is 0 Å². The van der Waals surface area contributed by atoms with E-state index in [1.165, 1.54) is 32.9 Å². The Kier molecular flexibility index (Phi) is 9.17. The third kappa shape index (κ3) is 6.53. The van der Waals surface area contributed by atoms with E-state index in [1.807, 2.05) is 24.3 Å². The van der Waals surface area contributed by atoms with Gasteiger partial charge in [0.15, 0.2) is 0 Å². The number of rotatable bonds is 8. The Morgan fingerprint density at radius 1 is 0.271 bits per heavy atom. The van der Waals surface area contributed by atoms with Crippen molar-refractivity contribution in [3.63, 3.8) is 0 Å². The molecule has 0 saturated heterocycles. The minimum atomic E-state index is 0.896. The van der Waals surface area contributed by atoms with Gasteiger partial charge in [0.05, 0.1) is 11.0 Å². The van der Waals surface area contributed by atoms with Crippen molar-refractivity contribution in [1.29, 1.82) is 0 Å². The number of aromatic nitrogens is 1. The molecule has 11 aromatic carbocycles. The number of hydrogen-bond donors (Lipinski definition) is 0. The van der Waals surface area contributed by atoms with Crippen LogP contribution in [-0.2, 0) is 0 Å². The number of hydrogen-bond acceptors (Lipinski definition) is 3. The highest BCUT2D eigenvalue weighted by Gasteiger charge is 2.18. The van der Waals surface area contributed by atoms with Crippen molar-refractivity contribution in [2.45, 2.75) is 0 Å². The molecule has 0 aliphatic heterocycles. The average molecular weight is 895 g/mol. The summed E-state index contributed by atoms with van der Waals surface area (Å²) in [5, 5.41) is 7.01. The molecule has 14 aromatic rings. The fourth-order valence-electron chi connectivity index (χ4n) is 10.7. The Morgan fingerprint density at radius 3 is 1.17 bits per heavy atom. The van der Waals surface area contributed by atoms with E-state index in [-0.39, 0.29) is 0 Å². The molecule has 328 valence electrons. The van der Waals surface area contributed by atoms with Crippen molar-refractivity contribution in [3.05, 3.63) is 255 Å². The molecule has 0 fully saturated rings. The highest BCUT2D eigenvalue weighted by molar-refractivity contribution is 6.11. The van der Waals surface area contributed by atoms with Crippen LogP contribution in [0.2, 0.25) is 0 Å². The Balaban J connectivity index is 0.825. The molecule has 0 aliphatic carbocycles. The van der Waals surface area contributed by atoms with Crippen LogP contribution in [0.3, 0.4) is 0 Å². The maximum absolute atomic E-state index is 6.46. The standard InChI is InChI=1S/C66H42N2O2/c1-5-25-61-55(17-1)56-18-2-6-26-62(56)68(61)52-16-10-15-48(42-52)47-14-9-13-46(41-47)43-29-35-49(36-30-43)67(50-37-31-44(32-38-50)53-21-11-23-59-57-19-3-7-27-63(57)69-65(53)59)51-39-33-45(34-40-51)54-22-12-24-60-58-20-4-8-28-64(58)70-66(54)60/h1-42H. The van der Waals surface area contributed by atoms with Crippen molar-refractivity contribution in [1.82, 2.24) is 4.57 Å². The number of furan rings is 2. The molecule has 0 spiro atoms. The van der Waals surface area contributed by atoms with Crippen molar-refractivity contribution < 1.29 is 8.83 Å². The van der Waals surface area contributed by atoms with Crippen LogP contribution in [0.4, 0.5) is 17.1 Å². The summed E-state index contributed by atoms with van der Waals surface area (Å²) < 4.78 is 15.3. The maximum Gasteiger partial charge on any atom is 0.143 e. The molecule has 0 atom stereocenters. The van der Waals surface area contributed by atoms with E-state index in [9.17, 15) is 0 Å². The van der Waals surface area contributed by atoms with Gasteiger partial charge in [-0.05, 0) is 112 Å². The molecule has 14 rings (SSSR count). The summed E-state index contributed by atoms with van der Waals surface area (Å²) >= 11 is 0. The number of anilines is 3. The molecule has 0 bridgehead atoms. The fraction of sp³-hybridized carbons (Fsp3) is 0. The zero-order chi connectivity index (χ0) is 46.1. The van der Waals surface area contributed by atoms with Gasteiger partial charge in [-0.1, -0.05) is 176 Å². The van der Waals surface area contributed by atoms with E-state index >= 15 is 0 Å². The maximum atomic E-state index is 6.46. The molecule has 4 heteroatoms.